The van der Waals surface area contributed by atoms with Crippen molar-refractivity contribution in [3.63, 3.8) is 0 Å². The van der Waals surface area contributed by atoms with Crippen molar-refractivity contribution in [1.82, 2.24) is 4.98 Å². The molecule has 1 fully saturated rings. The molecule has 3 rings (SSSR count). The topological polar surface area (TPSA) is 59.2 Å². The van der Waals surface area contributed by atoms with Gasteiger partial charge in [-0.1, -0.05) is 6.07 Å². The Morgan fingerprint density at radius 3 is 3.00 bits per heavy atom. The summed E-state index contributed by atoms with van der Waals surface area (Å²) in [6, 6.07) is 3.97. The van der Waals surface area contributed by atoms with Gasteiger partial charge in [-0.05, 0) is 11.4 Å². The molecule has 0 aliphatic carbocycles. The van der Waals surface area contributed by atoms with Crippen molar-refractivity contribution in [2.24, 2.45) is 5.73 Å². The fourth-order valence-electron chi connectivity index (χ4n) is 1.85. The number of amides is 1. The van der Waals surface area contributed by atoms with Crippen LogP contribution in [0.3, 0.4) is 0 Å². The number of carbonyl (C=O) groups is 1. The smallest absolute Gasteiger partial charge is 0.230 e. The maximum atomic E-state index is 11.7. The Balaban J connectivity index is 1.88. The molecule has 0 bridgehead atoms. The van der Waals surface area contributed by atoms with E-state index >= 15 is 0 Å². The Morgan fingerprint density at radius 2 is 2.35 bits per heavy atom. The summed E-state index contributed by atoms with van der Waals surface area (Å²) < 4.78 is 0. The lowest BCUT2D eigenvalue weighted by molar-refractivity contribution is -0.117. The van der Waals surface area contributed by atoms with Crippen LogP contribution in [0.1, 0.15) is 6.42 Å². The predicted octanol–water partition coefficient (Wildman–Crippen LogP) is 1.94. The number of anilines is 1. The molecule has 1 aliphatic heterocycles. The molecular formula is C11H11N3OS2. The fraction of sp³-hybridized carbons (Fsp3) is 0.273. The summed E-state index contributed by atoms with van der Waals surface area (Å²) in [5.41, 5.74) is 6.71. The van der Waals surface area contributed by atoms with Gasteiger partial charge in [0.1, 0.15) is 0 Å². The highest BCUT2D eigenvalue weighted by molar-refractivity contribution is 7.16. The SMILES string of the molecule is NC1CC(=O)N(c2nc(-c3cccs3)cs2)C1. The monoisotopic (exact) mass is 265 g/mol. The van der Waals surface area contributed by atoms with E-state index in [1.807, 2.05) is 22.9 Å². The minimum atomic E-state index is -0.0587. The van der Waals surface area contributed by atoms with E-state index in [1.165, 1.54) is 11.3 Å². The third kappa shape index (κ3) is 1.99. The summed E-state index contributed by atoms with van der Waals surface area (Å²) in [6.07, 6.45) is 0.425. The zero-order chi connectivity index (χ0) is 11.8. The van der Waals surface area contributed by atoms with Crippen molar-refractivity contribution in [2.45, 2.75) is 12.5 Å². The van der Waals surface area contributed by atoms with Gasteiger partial charge >= 0.3 is 0 Å². The maximum Gasteiger partial charge on any atom is 0.230 e. The number of hydrogen-bond donors (Lipinski definition) is 1. The van der Waals surface area contributed by atoms with Crippen LogP contribution >= 0.6 is 22.7 Å². The first-order chi connectivity index (χ1) is 8.24. The minimum Gasteiger partial charge on any atom is -0.326 e. The fourth-order valence-corrected chi connectivity index (χ4v) is 3.46. The lowest BCUT2D eigenvalue weighted by atomic mass is 10.3. The van der Waals surface area contributed by atoms with Crippen LogP contribution in [0.5, 0.6) is 0 Å². The second-order valence-corrected chi connectivity index (χ2v) is 5.75. The van der Waals surface area contributed by atoms with Crippen molar-refractivity contribution in [1.29, 1.82) is 0 Å². The second kappa shape index (κ2) is 4.21. The molecular weight excluding hydrogens is 254 g/mol. The molecule has 3 heterocycles. The normalized spacial score (nSPS) is 20.2. The largest absolute Gasteiger partial charge is 0.326 e. The standard InChI is InChI=1S/C11H11N3OS2/c12-7-4-10(15)14(5-7)11-13-8(6-17-11)9-2-1-3-16-9/h1-3,6-7H,4-5,12H2. The van der Waals surface area contributed by atoms with Crippen LogP contribution in [0.25, 0.3) is 10.6 Å². The Morgan fingerprint density at radius 1 is 1.47 bits per heavy atom. The summed E-state index contributed by atoms with van der Waals surface area (Å²) in [7, 11) is 0. The first kappa shape index (κ1) is 10.9. The average molecular weight is 265 g/mol. The van der Waals surface area contributed by atoms with Gasteiger partial charge in [0.25, 0.3) is 0 Å². The summed E-state index contributed by atoms with van der Waals surface area (Å²) in [5.74, 6) is 0.0737. The number of thiophene rings is 1. The van der Waals surface area contributed by atoms with E-state index in [0.717, 1.165) is 15.7 Å². The van der Waals surface area contributed by atoms with Gasteiger partial charge in [-0.25, -0.2) is 4.98 Å². The third-order valence-electron chi connectivity index (χ3n) is 2.65. The summed E-state index contributed by atoms with van der Waals surface area (Å²) in [5, 5.41) is 4.76. The minimum absolute atomic E-state index is 0.0587. The molecule has 4 nitrogen and oxygen atoms in total. The molecule has 88 valence electrons. The molecule has 1 amide bonds. The number of thiazole rings is 1. The van der Waals surface area contributed by atoms with Gasteiger partial charge in [-0.15, -0.1) is 22.7 Å². The zero-order valence-corrected chi connectivity index (χ0v) is 10.6. The number of rotatable bonds is 2. The average Bonchev–Trinajstić information content (AvgIpc) is 2.97. The highest BCUT2D eigenvalue weighted by atomic mass is 32.1. The number of carbonyl (C=O) groups excluding carboxylic acids is 1. The van der Waals surface area contributed by atoms with Gasteiger partial charge in [-0.2, -0.15) is 0 Å². The van der Waals surface area contributed by atoms with Gasteiger partial charge in [0.2, 0.25) is 5.91 Å². The van der Waals surface area contributed by atoms with E-state index < -0.39 is 0 Å². The Hall–Kier alpha value is -1.24. The maximum absolute atomic E-state index is 11.7. The van der Waals surface area contributed by atoms with Gasteiger partial charge in [0.05, 0.1) is 10.6 Å². The van der Waals surface area contributed by atoms with Crippen molar-refractivity contribution >= 4 is 33.7 Å². The third-order valence-corrected chi connectivity index (χ3v) is 4.41. The van der Waals surface area contributed by atoms with E-state index in [0.29, 0.717) is 13.0 Å². The molecule has 2 N–H and O–H groups in total. The van der Waals surface area contributed by atoms with E-state index in [4.69, 9.17) is 5.73 Å². The molecule has 0 spiro atoms. The van der Waals surface area contributed by atoms with Crippen LogP contribution in [0, 0.1) is 0 Å². The number of hydrogen-bond acceptors (Lipinski definition) is 5. The molecule has 1 unspecified atom stereocenters. The summed E-state index contributed by atoms with van der Waals surface area (Å²) >= 11 is 3.15. The summed E-state index contributed by atoms with van der Waals surface area (Å²) in [6.45, 7) is 0.580. The van der Waals surface area contributed by atoms with E-state index in [2.05, 4.69) is 4.98 Å². The second-order valence-electron chi connectivity index (χ2n) is 3.96. The van der Waals surface area contributed by atoms with Crippen molar-refractivity contribution in [3.05, 3.63) is 22.9 Å². The molecule has 0 saturated carbocycles. The lowest BCUT2D eigenvalue weighted by Crippen LogP contribution is -2.27. The van der Waals surface area contributed by atoms with Crippen LogP contribution in [0.2, 0.25) is 0 Å². The van der Waals surface area contributed by atoms with Crippen LogP contribution in [-0.2, 0) is 4.79 Å². The molecule has 17 heavy (non-hydrogen) atoms. The van der Waals surface area contributed by atoms with Gasteiger partial charge in [0, 0.05) is 24.4 Å². The van der Waals surface area contributed by atoms with Crippen LogP contribution in [0.4, 0.5) is 5.13 Å². The quantitative estimate of drug-likeness (QED) is 0.902. The van der Waals surface area contributed by atoms with E-state index in [-0.39, 0.29) is 11.9 Å². The Kier molecular flexibility index (Phi) is 2.70. The molecule has 0 aromatic carbocycles. The van der Waals surface area contributed by atoms with Crippen LogP contribution in [0.15, 0.2) is 22.9 Å². The zero-order valence-electron chi connectivity index (χ0n) is 9.00. The van der Waals surface area contributed by atoms with E-state index in [9.17, 15) is 4.79 Å². The molecule has 6 heteroatoms. The van der Waals surface area contributed by atoms with Crippen molar-refractivity contribution in [2.75, 3.05) is 11.4 Å². The van der Waals surface area contributed by atoms with Gasteiger partial charge in [-0.3, -0.25) is 9.69 Å². The molecule has 1 aliphatic rings. The Labute approximate surface area is 107 Å². The van der Waals surface area contributed by atoms with Crippen LogP contribution in [-0.4, -0.2) is 23.5 Å². The molecule has 1 saturated heterocycles. The molecule has 0 radical (unpaired) electrons. The number of nitrogens with zero attached hydrogens (tertiary/aromatic N) is 2. The van der Waals surface area contributed by atoms with Gasteiger partial charge < -0.3 is 5.73 Å². The Bertz CT molecular complexity index is 535. The first-order valence-corrected chi connectivity index (χ1v) is 7.05. The van der Waals surface area contributed by atoms with Crippen LogP contribution < -0.4 is 10.6 Å². The molecule has 1 atom stereocenters. The highest BCUT2D eigenvalue weighted by Crippen LogP contribution is 2.31. The highest BCUT2D eigenvalue weighted by Gasteiger charge is 2.30. The van der Waals surface area contributed by atoms with Crippen molar-refractivity contribution in [3.8, 4) is 10.6 Å². The number of aromatic nitrogens is 1. The van der Waals surface area contributed by atoms with Crippen molar-refractivity contribution < 1.29 is 4.79 Å². The van der Waals surface area contributed by atoms with Gasteiger partial charge in [0.15, 0.2) is 5.13 Å². The summed E-state index contributed by atoms with van der Waals surface area (Å²) in [4.78, 5) is 19.0. The lowest BCUT2D eigenvalue weighted by Gasteiger charge is -2.10. The predicted molar refractivity (Wildman–Crippen MR) is 70.4 cm³/mol. The first-order valence-electron chi connectivity index (χ1n) is 5.29. The molecule has 2 aromatic rings. The van der Waals surface area contributed by atoms with E-state index in [1.54, 1.807) is 16.2 Å². The number of nitrogens with two attached hydrogens (primary N) is 1. The molecule has 2 aromatic heterocycles.